The van der Waals surface area contributed by atoms with Crippen molar-refractivity contribution in [3.63, 3.8) is 0 Å². The number of hydrogen-bond donors (Lipinski definition) is 1. The fourth-order valence-corrected chi connectivity index (χ4v) is 2.62. The molecule has 1 aromatic rings. The molecule has 0 aliphatic heterocycles. The summed E-state index contributed by atoms with van der Waals surface area (Å²) in [4.78, 5) is 11.9. The molecule has 0 heterocycles. The van der Waals surface area contributed by atoms with Crippen LogP contribution in [0.3, 0.4) is 0 Å². The molecule has 0 bridgehead atoms. The number of nitrogens with one attached hydrogen (secondary N) is 1. The first kappa shape index (κ1) is 14.9. The Labute approximate surface area is 117 Å². The van der Waals surface area contributed by atoms with Crippen LogP contribution in [0.15, 0.2) is 18.2 Å². The van der Waals surface area contributed by atoms with Crippen LogP contribution in [0, 0.1) is 11.6 Å². The van der Waals surface area contributed by atoms with Gasteiger partial charge in [0, 0.05) is 6.04 Å². The molecule has 0 spiro atoms. The zero-order valence-corrected chi connectivity index (χ0v) is 11.5. The number of rotatable bonds is 4. The summed E-state index contributed by atoms with van der Waals surface area (Å²) in [6.45, 7) is 0. The van der Waals surface area contributed by atoms with E-state index in [0.29, 0.717) is 5.56 Å². The SMILES string of the molecule is COC(=O)C(NC1CCCCC1)c1ccc(F)c(F)c1. The molecule has 1 saturated carbocycles. The van der Waals surface area contributed by atoms with Crippen molar-refractivity contribution in [2.75, 3.05) is 7.11 Å². The number of benzene rings is 1. The van der Waals surface area contributed by atoms with E-state index in [1.807, 2.05) is 0 Å². The van der Waals surface area contributed by atoms with Gasteiger partial charge in [0.15, 0.2) is 11.6 Å². The number of ether oxygens (including phenoxy) is 1. The molecule has 1 fully saturated rings. The molecule has 0 amide bonds. The van der Waals surface area contributed by atoms with Gasteiger partial charge in [0.25, 0.3) is 0 Å². The molecular weight excluding hydrogens is 264 g/mol. The first-order valence-corrected chi connectivity index (χ1v) is 6.90. The lowest BCUT2D eigenvalue weighted by Crippen LogP contribution is -2.38. The Hall–Kier alpha value is -1.49. The van der Waals surface area contributed by atoms with E-state index >= 15 is 0 Å². The summed E-state index contributed by atoms with van der Waals surface area (Å²) in [7, 11) is 1.29. The second-order valence-corrected chi connectivity index (χ2v) is 5.13. The van der Waals surface area contributed by atoms with Crippen LogP contribution in [0.2, 0.25) is 0 Å². The molecule has 110 valence electrons. The summed E-state index contributed by atoms with van der Waals surface area (Å²) in [5.41, 5.74) is 0.390. The lowest BCUT2D eigenvalue weighted by Gasteiger charge is -2.27. The van der Waals surface area contributed by atoms with Crippen LogP contribution in [0.4, 0.5) is 8.78 Å². The fourth-order valence-electron chi connectivity index (χ4n) is 2.62. The number of carbonyl (C=O) groups is 1. The van der Waals surface area contributed by atoms with E-state index in [1.54, 1.807) is 0 Å². The average Bonchev–Trinajstić information content (AvgIpc) is 2.48. The predicted molar refractivity (Wildman–Crippen MR) is 71.1 cm³/mol. The molecule has 1 atom stereocenters. The molecule has 20 heavy (non-hydrogen) atoms. The quantitative estimate of drug-likeness (QED) is 0.863. The van der Waals surface area contributed by atoms with Crippen molar-refractivity contribution in [3.05, 3.63) is 35.4 Å². The molecule has 0 aromatic heterocycles. The van der Waals surface area contributed by atoms with Gasteiger partial charge >= 0.3 is 5.97 Å². The number of hydrogen-bond acceptors (Lipinski definition) is 3. The Kier molecular flexibility index (Phi) is 5.06. The molecule has 0 radical (unpaired) electrons. The van der Waals surface area contributed by atoms with E-state index in [-0.39, 0.29) is 6.04 Å². The lowest BCUT2D eigenvalue weighted by atomic mass is 9.94. The Morgan fingerprint density at radius 1 is 1.25 bits per heavy atom. The van der Waals surface area contributed by atoms with Crippen LogP contribution < -0.4 is 5.32 Å². The number of halogens is 2. The fraction of sp³-hybridized carbons (Fsp3) is 0.533. The highest BCUT2D eigenvalue weighted by molar-refractivity contribution is 5.77. The minimum atomic E-state index is -0.957. The molecule has 1 aliphatic carbocycles. The van der Waals surface area contributed by atoms with Crippen LogP contribution in [-0.2, 0) is 9.53 Å². The summed E-state index contributed by atoms with van der Waals surface area (Å²) >= 11 is 0. The molecule has 1 unspecified atom stereocenters. The second kappa shape index (κ2) is 6.79. The van der Waals surface area contributed by atoms with Gasteiger partial charge in [-0.15, -0.1) is 0 Å². The van der Waals surface area contributed by atoms with Crippen molar-refractivity contribution in [1.82, 2.24) is 5.32 Å². The third-order valence-electron chi connectivity index (χ3n) is 3.72. The van der Waals surface area contributed by atoms with Crippen LogP contribution in [0.25, 0.3) is 0 Å². The van der Waals surface area contributed by atoms with E-state index in [2.05, 4.69) is 5.32 Å². The van der Waals surface area contributed by atoms with E-state index in [9.17, 15) is 13.6 Å². The van der Waals surface area contributed by atoms with Gasteiger partial charge in [-0.1, -0.05) is 25.3 Å². The highest BCUT2D eigenvalue weighted by atomic mass is 19.2. The van der Waals surface area contributed by atoms with E-state index < -0.39 is 23.6 Å². The normalized spacial score (nSPS) is 17.8. The molecule has 3 nitrogen and oxygen atoms in total. The van der Waals surface area contributed by atoms with Gasteiger partial charge in [-0.3, -0.25) is 5.32 Å². The van der Waals surface area contributed by atoms with Gasteiger partial charge in [0.2, 0.25) is 0 Å². The monoisotopic (exact) mass is 283 g/mol. The minimum Gasteiger partial charge on any atom is -0.468 e. The largest absolute Gasteiger partial charge is 0.468 e. The number of esters is 1. The van der Waals surface area contributed by atoms with Gasteiger partial charge in [-0.05, 0) is 30.5 Å². The summed E-state index contributed by atoms with van der Waals surface area (Å²) in [6, 6.07) is 2.95. The van der Waals surface area contributed by atoms with E-state index in [4.69, 9.17) is 4.74 Å². The molecule has 2 rings (SSSR count). The average molecular weight is 283 g/mol. The smallest absolute Gasteiger partial charge is 0.327 e. The lowest BCUT2D eigenvalue weighted by molar-refractivity contribution is -0.143. The topological polar surface area (TPSA) is 38.3 Å². The van der Waals surface area contributed by atoms with Crippen LogP contribution in [-0.4, -0.2) is 19.1 Å². The van der Waals surface area contributed by atoms with Crippen molar-refractivity contribution in [1.29, 1.82) is 0 Å². The third-order valence-corrected chi connectivity index (χ3v) is 3.72. The molecule has 1 aliphatic rings. The standard InChI is InChI=1S/C15H19F2NO2/c1-20-15(19)14(18-11-5-3-2-4-6-11)10-7-8-12(16)13(17)9-10/h7-9,11,14,18H,2-6H2,1H3. The van der Waals surface area contributed by atoms with Crippen molar-refractivity contribution >= 4 is 5.97 Å². The first-order chi connectivity index (χ1) is 9.61. The van der Waals surface area contributed by atoms with Crippen LogP contribution >= 0.6 is 0 Å². The summed E-state index contributed by atoms with van der Waals surface area (Å²) in [6.07, 6.45) is 5.40. The van der Waals surface area contributed by atoms with Gasteiger partial charge in [0.1, 0.15) is 6.04 Å². The first-order valence-electron chi connectivity index (χ1n) is 6.90. The highest BCUT2D eigenvalue weighted by Gasteiger charge is 2.26. The Morgan fingerprint density at radius 2 is 1.95 bits per heavy atom. The summed E-state index contributed by atoms with van der Waals surface area (Å²) in [5, 5.41) is 3.21. The van der Waals surface area contributed by atoms with E-state index in [1.165, 1.54) is 19.6 Å². The van der Waals surface area contributed by atoms with Crippen molar-refractivity contribution in [2.24, 2.45) is 0 Å². The number of carbonyl (C=O) groups excluding carboxylic acids is 1. The van der Waals surface area contributed by atoms with E-state index in [0.717, 1.165) is 37.8 Å². The predicted octanol–water partition coefficient (Wildman–Crippen LogP) is 3.10. The maximum absolute atomic E-state index is 13.3. The van der Waals surface area contributed by atoms with Crippen LogP contribution in [0.1, 0.15) is 43.7 Å². The maximum atomic E-state index is 13.3. The summed E-state index contributed by atoms with van der Waals surface area (Å²) in [5.74, 6) is -2.36. The molecular formula is C15H19F2NO2. The van der Waals surface area contributed by atoms with Gasteiger partial charge in [-0.25, -0.2) is 13.6 Å². The molecule has 1 N–H and O–H groups in total. The Bertz CT molecular complexity index is 473. The molecule has 1 aromatic carbocycles. The third kappa shape index (κ3) is 3.54. The zero-order valence-electron chi connectivity index (χ0n) is 11.5. The highest BCUT2D eigenvalue weighted by Crippen LogP contribution is 2.23. The Morgan fingerprint density at radius 3 is 2.55 bits per heavy atom. The maximum Gasteiger partial charge on any atom is 0.327 e. The van der Waals surface area contributed by atoms with Crippen molar-refractivity contribution in [3.8, 4) is 0 Å². The molecule has 5 heteroatoms. The van der Waals surface area contributed by atoms with Crippen molar-refractivity contribution in [2.45, 2.75) is 44.2 Å². The zero-order chi connectivity index (χ0) is 14.5. The number of methoxy groups -OCH3 is 1. The summed E-state index contributed by atoms with van der Waals surface area (Å²) < 4.78 is 31.1. The minimum absolute atomic E-state index is 0.209. The van der Waals surface area contributed by atoms with Crippen molar-refractivity contribution < 1.29 is 18.3 Å². The van der Waals surface area contributed by atoms with Crippen LogP contribution in [0.5, 0.6) is 0 Å². The Balaban J connectivity index is 2.17. The van der Waals surface area contributed by atoms with Gasteiger partial charge < -0.3 is 4.74 Å². The van der Waals surface area contributed by atoms with Gasteiger partial charge in [-0.2, -0.15) is 0 Å². The van der Waals surface area contributed by atoms with Gasteiger partial charge in [0.05, 0.1) is 7.11 Å². The molecule has 0 saturated heterocycles. The second-order valence-electron chi connectivity index (χ2n) is 5.13.